The Bertz CT molecular complexity index is 394. The maximum Gasteiger partial charge on any atom is 0.213 e. The predicted molar refractivity (Wildman–Crippen MR) is 48.2 cm³/mol. The lowest BCUT2D eigenvalue weighted by molar-refractivity contribution is 0.406. The van der Waals surface area contributed by atoms with Crippen molar-refractivity contribution in [2.24, 2.45) is 5.73 Å². The molecule has 2 aromatic heterocycles. The van der Waals surface area contributed by atoms with Gasteiger partial charge in [-0.15, -0.1) is 0 Å². The number of hydrogen-bond donors (Lipinski definition) is 1. The van der Waals surface area contributed by atoms with Gasteiger partial charge in [0.25, 0.3) is 0 Å². The first-order valence-electron chi connectivity index (χ1n) is 4.34. The van der Waals surface area contributed by atoms with Crippen molar-refractivity contribution in [1.82, 2.24) is 19.7 Å². The van der Waals surface area contributed by atoms with Crippen LogP contribution in [0.25, 0.3) is 0 Å². The molecule has 6 nitrogen and oxygen atoms in total. The van der Waals surface area contributed by atoms with E-state index in [4.69, 9.17) is 5.73 Å². The minimum atomic E-state index is -0.379. The molecule has 14 heavy (non-hydrogen) atoms. The number of hydrogen-bond acceptors (Lipinski definition) is 5. The number of aromatic nitrogens is 4. The Hall–Kier alpha value is -1.69. The zero-order valence-corrected chi connectivity index (χ0v) is 7.79. The van der Waals surface area contributed by atoms with Gasteiger partial charge >= 0.3 is 0 Å². The molecule has 0 radical (unpaired) electrons. The number of nitrogens with two attached hydrogens (primary N) is 1. The van der Waals surface area contributed by atoms with Crippen LogP contribution in [-0.4, -0.2) is 19.7 Å². The molecule has 0 bridgehead atoms. The molecular weight excluding hydrogens is 182 g/mol. The van der Waals surface area contributed by atoms with E-state index in [-0.39, 0.29) is 6.04 Å². The third kappa shape index (κ3) is 1.39. The Morgan fingerprint density at radius 3 is 3.14 bits per heavy atom. The SMILES string of the molecule is CCn1cncc1C(N)c1ncon1. The molecule has 2 N–H and O–H groups in total. The van der Waals surface area contributed by atoms with E-state index < -0.39 is 0 Å². The van der Waals surface area contributed by atoms with Crippen molar-refractivity contribution < 1.29 is 4.52 Å². The number of rotatable bonds is 3. The van der Waals surface area contributed by atoms with Crippen LogP contribution in [0.1, 0.15) is 24.5 Å². The van der Waals surface area contributed by atoms with Gasteiger partial charge in [0.15, 0.2) is 5.82 Å². The molecule has 1 unspecified atom stereocenters. The molecule has 2 heterocycles. The van der Waals surface area contributed by atoms with Crippen molar-refractivity contribution >= 4 is 0 Å². The van der Waals surface area contributed by atoms with E-state index >= 15 is 0 Å². The second-order valence-electron chi connectivity index (χ2n) is 2.87. The summed E-state index contributed by atoms with van der Waals surface area (Å²) in [5.74, 6) is 0.472. The molecule has 6 heteroatoms. The van der Waals surface area contributed by atoms with Gasteiger partial charge < -0.3 is 14.8 Å². The minimum Gasteiger partial charge on any atom is -0.343 e. The number of imidazole rings is 1. The van der Waals surface area contributed by atoms with E-state index in [9.17, 15) is 0 Å². The van der Waals surface area contributed by atoms with E-state index in [1.807, 2.05) is 11.5 Å². The molecule has 0 aromatic carbocycles. The predicted octanol–water partition coefficient (Wildman–Crippen LogP) is 0.334. The van der Waals surface area contributed by atoms with Crippen LogP contribution < -0.4 is 5.73 Å². The molecule has 0 spiro atoms. The van der Waals surface area contributed by atoms with Crippen LogP contribution in [-0.2, 0) is 6.54 Å². The maximum atomic E-state index is 5.94. The van der Waals surface area contributed by atoms with Gasteiger partial charge in [-0.2, -0.15) is 4.98 Å². The van der Waals surface area contributed by atoms with Gasteiger partial charge in [-0.1, -0.05) is 5.16 Å². The third-order valence-electron chi connectivity index (χ3n) is 2.06. The molecule has 2 rings (SSSR count). The molecule has 0 saturated carbocycles. The van der Waals surface area contributed by atoms with E-state index in [1.165, 1.54) is 6.39 Å². The van der Waals surface area contributed by atoms with Crippen molar-refractivity contribution in [2.75, 3.05) is 0 Å². The lowest BCUT2D eigenvalue weighted by atomic mass is 10.2. The fraction of sp³-hybridized carbons (Fsp3) is 0.375. The first kappa shape index (κ1) is 8.89. The fourth-order valence-corrected chi connectivity index (χ4v) is 1.30. The molecular formula is C8H11N5O. The van der Waals surface area contributed by atoms with Crippen molar-refractivity contribution in [3.05, 3.63) is 30.4 Å². The highest BCUT2D eigenvalue weighted by atomic mass is 16.5. The second kappa shape index (κ2) is 3.59. The molecule has 2 aromatic rings. The van der Waals surface area contributed by atoms with Gasteiger partial charge in [-0.05, 0) is 6.92 Å². The lowest BCUT2D eigenvalue weighted by Crippen LogP contribution is -2.17. The van der Waals surface area contributed by atoms with E-state index in [2.05, 4.69) is 19.6 Å². The molecule has 0 fully saturated rings. The van der Waals surface area contributed by atoms with Crippen molar-refractivity contribution in [3.63, 3.8) is 0 Å². The number of nitrogens with zero attached hydrogens (tertiary/aromatic N) is 4. The quantitative estimate of drug-likeness (QED) is 0.759. The van der Waals surface area contributed by atoms with Crippen LogP contribution >= 0.6 is 0 Å². The van der Waals surface area contributed by atoms with Crippen LogP contribution in [0.3, 0.4) is 0 Å². The topological polar surface area (TPSA) is 82.8 Å². The maximum absolute atomic E-state index is 5.94. The Morgan fingerprint density at radius 1 is 1.64 bits per heavy atom. The Labute approximate surface area is 80.7 Å². The zero-order chi connectivity index (χ0) is 9.97. The van der Waals surface area contributed by atoms with Crippen LogP contribution in [0.5, 0.6) is 0 Å². The monoisotopic (exact) mass is 193 g/mol. The highest BCUT2D eigenvalue weighted by molar-refractivity contribution is 5.13. The lowest BCUT2D eigenvalue weighted by Gasteiger charge is -2.09. The molecule has 0 saturated heterocycles. The summed E-state index contributed by atoms with van der Waals surface area (Å²) in [4.78, 5) is 7.92. The summed E-state index contributed by atoms with van der Waals surface area (Å²) in [5, 5.41) is 3.70. The van der Waals surface area contributed by atoms with Crippen molar-refractivity contribution in [1.29, 1.82) is 0 Å². The average molecular weight is 193 g/mol. The van der Waals surface area contributed by atoms with Gasteiger partial charge in [-0.25, -0.2) is 4.98 Å². The van der Waals surface area contributed by atoms with Crippen LogP contribution in [0.2, 0.25) is 0 Å². The third-order valence-corrected chi connectivity index (χ3v) is 2.06. The summed E-state index contributed by atoms with van der Waals surface area (Å²) in [7, 11) is 0. The molecule has 0 aliphatic heterocycles. The van der Waals surface area contributed by atoms with Gasteiger partial charge in [0, 0.05) is 6.54 Å². The Kier molecular flexibility index (Phi) is 2.28. The molecule has 0 amide bonds. The number of aryl methyl sites for hydroxylation is 1. The summed E-state index contributed by atoms with van der Waals surface area (Å²) in [6, 6.07) is -0.379. The van der Waals surface area contributed by atoms with Crippen LogP contribution in [0, 0.1) is 0 Å². The van der Waals surface area contributed by atoms with Gasteiger partial charge in [0.1, 0.15) is 6.04 Å². The summed E-state index contributed by atoms with van der Waals surface area (Å²) in [5.41, 5.74) is 6.82. The fourth-order valence-electron chi connectivity index (χ4n) is 1.30. The van der Waals surface area contributed by atoms with Crippen LogP contribution in [0.4, 0.5) is 0 Å². The summed E-state index contributed by atoms with van der Waals surface area (Å²) < 4.78 is 6.58. The zero-order valence-electron chi connectivity index (χ0n) is 7.79. The highest BCUT2D eigenvalue weighted by Crippen LogP contribution is 2.15. The smallest absolute Gasteiger partial charge is 0.213 e. The summed E-state index contributed by atoms with van der Waals surface area (Å²) in [6.07, 6.45) is 4.71. The molecule has 74 valence electrons. The largest absolute Gasteiger partial charge is 0.343 e. The Morgan fingerprint density at radius 2 is 2.50 bits per heavy atom. The van der Waals surface area contributed by atoms with E-state index in [0.717, 1.165) is 12.2 Å². The molecule has 0 aliphatic carbocycles. The minimum absolute atomic E-state index is 0.379. The van der Waals surface area contributed by atoms with E-state index in [0.29, 0.717) is 5.82 Å². The average Bonchev–Trinajstić information content (AvgIpc) is 2.87. The van der Waals surface area contributed by atoms with E-state index in [1.54, 1.807) is 12.5 Å². The molecule has 0 aliphatic rings. The normalized spacial score (nSPS) is 13.0. The summed E-state index contributed by atoms with van der Waals surface area (Å²) in [6.45, 7) is 2.84. The highest BCUT2D eigenvalue weighted by Gasteiger charge is 2.16. The van der Waals surface area contributed by atoms with Gasteiger partial charge in [0.2, 0.25) is 6.39 Å². The summed E-state index contributed by atoms with van der Waals surface area (Å²) >= 11 is 0. The standard InChI is InChI=1S/C8H11N5O/c1-2-13-4-10-3-6(13)7(9)8-11-5-14-12-8/h3-5,7H,2,9H2,1H3. The second-order valence-corrected chi connectivity index (χ2v) is 2.87. The van der Waals surface area contributed by atoms with Crippen LogP contribution in [0.15, 0.2) is 23.4 Å². The Balaban J connectivity index is 2.31. The molecule has 1 atom stereocenters. The first-order chi connectivity index (χ1) is 6.83. The van der Waals surface area contributed by atoms with Crippen molar-refractivity contribution in [2.45, 2.75) is 19.5 Å². The van der Waals surface area contributed by atoms with Crippen molar-refractivity contribution in [3.8, 4) is 0 Å². The van der Waals surface area contributed by atoms with Gasteiger partial charge in [0.05, 0.1) is 18.2 Å². The first-order valence-corrected chi connectivity index (χ1v) is 4.34. The van der Waals surface area contributed by atoms with Gasteiger partial charge in [-0.3, -0.25) is 0 Å².